The maximum absolute atomic E-state index is 4.63. The van der Waals surface area contributed by atoms with E-state index in [4.69, 9.17) is 0 Å². The van der Waals surface area contributed by atoms with Crippen molar-refractivity contribution in [3.8, 4) is 0 Å². The lowest BCUT2D eigenvalue weighted by Crippen LogP contribution is -2.20. The van der Waals surface area contributed by atoms with Gasteiger partial charge in [0.25, 0.3) is 0 Å². The highest BCUT2D eigenvalue weighted by Gasteiger charge is 2.16. The first-order valence-electron chi connectivity index (χ1n) is 6.30. The molecule has 2 rings (SSSR count). The highest BCUT2D eigenvalue weighted by atomic mass is 14.9. The summed E-state index contributed by atoms with van der Waals surface area (Å²) in [5.41, 5.74) is 6.08. The molecular formula is C16H20N2. The molecule has 1 aromatic carbocycles. The summed E-state index contributed by atoms with van der Waals surface area (Å²) in [6, 6.07) is 12.8. The fraction of sp³-hybridized carbons (Fsp3) is 0.312. The largest absolute Gasteiger partial charge is 0.308 e. The van der Waals surface area contributed by atoms with Gasteiger partial charge in [-0.1, -0.05) is 24.3 Å². The summed E-state index contributed by atoms with van der Waals surface area (Å²) in [5.74, 6) is 0. The van der Waals surface area contributed by atoms with Crippen LogP contribution in [0.2, 0.25) is 0 Å². The molecule has 1 heterocycles. The molecule has 0 bridgehead atoms. The molecule has 0 saturated heterocycles. The lowest BCUT2D eigenvalue weighted by Gasteiger charge is -2.20. The van der Waals surface area contributed by atoms with E-state index in [0.29, 0.717) is 0 Å². The molecule has 0 amide bonds. The van der Waals surface area contributed by atoms with Crippen LogP contribution in [0.3, 0.4) is 0 Å². The van der Waals surface area contributed by atoms with Crippen LogP contribution in [0.15, 0.2) is 36.4 Å². The second kappa shape index (κ2) is 5.32. The van der Waals surface area contributed by atoms with E-state index in [-0.39, 0.29) is 6.04 Å². The van der Waals surface area contributed by atoms with E-state index in [1.54, 1.807) is 0 Å². The summed E-state index contributed by atoms with van der Waals surface area (Å²) in [4.78, 5) is 4.63. The number of rotatable bonds is 3. The maximum atomic E-state index is 4.63. The Labute approximate surface area is 109 Å². The van der Waals surface area contributed by atoms with Gasteiger partial charge in [-0.05, 0) is 56.6 Å². The van der Waals surface area contributed by atoms with Crippen molar-refractivity contribution in [3.63, 3.8) is 0 Å². The van der Waals surface area contributed by atoms with Gasteiger partial charge in [-0.3, -0.25) is 4.98 Å². The molecule has 1 atom stereocenters. The van der Waals surface area contributed by atoms with Crippen molar-refractivity contribution in [2.45, 2.75) is 26.8 Å². The predicted octanol–water partition coefficient (Wildman–Crippen LogP) is 3.32. The molecule has 0 saturated carbocycles. The molecule has 2 nitrogen and oxygen atoms in total. The Morgan fingerprint density at radius 3 is 2.39 bits per heavy atom. The third-order valence-corrected chi connectivity index (χ3v) is 3.45. The number of nitrogens with one attached hydrogen (secondary N) is 1. The van der Waals surface area contributed by atoms with Crippen molar-refractivity contribution in [1.29, 1.82) is 0 Å². The summed E-state index contributed by atoms with van der Waals surface area (Å²) in [5, 5.41) is 3.37. The normalized spacial score (nSPS) is 12.4. The number of hydrogen-bond acceptors (Lipinski definition) is 2. The Bertz CT molecular complexity index is 547. The van der Waals surface area contributed by atoms with E-state index in [0.717, 1.165) is 11.4 Å². The topological polar surface area (TPSA) is 24.9 Å². The van der Waals surface area contributed by atoms with E-state index in [2.05, 4.69) is 54.5 Å². The summed E-state index contributed by atoms with van der Waals surface area (Å²) < 4.78 is 0. The van der Waals surface area contributed by atoms with Crippen LogP contribution < -0.4 is 5.32 Å². The van der Waals surface area contributed by atoms with Gasteiger partial charge >= 0.3 is 0 Å². The summed E-state index contributed by atoms with van der Waals surface area (Å²) in [7, 11) is 1.98. The molecule has 1 aromatic heterocycles. The average molecular weight is 240 g/mol. The van der Waals surface area contributed by atoms with Crippen LogP contribution in [-0.2, 0) is 0 Å². The van der Waals surface area contributed by atoms with Gasteiger partial charge in [0.15, 0.2) is 0 Å². The molecule has 1 N–H and O–H groups in total. The van der Waals surface area contributed by atoms with Crippen molar-refractivity contribution in [1.82, 2.24) is 10.3 Å². The number of aryl methyl sites for hydroxylation is 2. The zero-order valence-corrected chi connectivity index (χ0v) is 11.5. The summed E-state index contributed by atoms with van der Waals surface area (Å²) >= 11 is 0. The molecule has 94 valence electrons. The third kappa shape index (κ3) is 2.44. The molecule has 0 fully saturated rings. The highest BCUT2D eigenvalue weighted by molar-refractivity contribution is 5.39. The van der Waals surface area contributed by atoms with E-state index in [1.165, 1.54) is 16.7 Å². The zero-order chi connectivity index (χ0) is 13.1. The van der Waals surface area contributed by atoms with Crippen LogP contribution in [-0.4, -0.2) is 12.0 Å². The van der Waals surface area contributed by atoms with Gasteiger partial charge in [-0.2, -0.15) is 0 Å². The van der Waals surface area contributed by atoms with Crippen molar-refractivity contribution >= 4 is 0 Å². The Morgan fingerprint density at radius 2 is 1.72 bits per heavy atom. The average Bonchev–Trinajstić information content (AvgIpc) is 2.35. The first-order valence-corrected chi connectivity index (χ1v) is 6.30. The summed E-state index contributed by atoms with van der Waals surface area (Å²) in [6.07, 6.45) is 0. The van der Waals surface area contributed by atoms with Crippen LogP contribution in [0.4, 0.5) is 0 Å². The molecule has 0 aliphatic heterocycles. The lowest BCUT2D eigenvalue weighted by molar-refractivity contribution is 0.664. The van der Waals surface area contributed by atoms with E-state index in [9.17, 15) is 0 Å². The fourth-order valence-corrected chi connectivity index (χ4v) is 2.27. The van der Waals surface area contributed by atoms with E-state index in [1.807, 2.05) is 20.0 Å². The molecule has 18 heavy (non-hydrogen) atoms. The molecule has 2 heteroatoms. The molecule has 2 aromatic rings. The van der Waals surface area contributed by atoms with Gasteiger partial charge in [-0.15, -0.1) is 0 Å². The van der Waals surface area contributed by atoms with Crippen LogP contribution in [0.25, 0.3) is 0 Å². The zero-order valence-electron chi connectivity index (χ0n) is 11.5. The monoisotopic (exact) mass is 240 g/mol. The van der Waals surface area contributed by atoms with Crippen LogP contribution >= 0.6 is 0 Å². The van der Waals surface area contributed by atoms with Crippen LogP contribution in [0, 0.1) is 20.8 Å². The quantitative estimate of drug-likeness (QED) is 0.890. The van der Waals surface area contributed by atoms with Gasteiger partial charge in [-0.25, -0.2) is 0 Å². The standard InChI is InChI=1S/C16H20N2/c1-11-7-5-9-14(13(11)3)16(17-4)15-10-6-8-12(2)18-15/h5-10,16-17H,1-4H3. The van der Waals surface area contributed by atoms with Gasteiger partial charge < -0.3 is 5.32 Å². The van der Waals surface area contributed by atoms with Gasteiger partial charge in [0.2, 0.25) is 0 Å². The Hall–Kier alpha value is -1.67. The van der Waals surface area contributed by atoms with Gasteiger partial charge in [0.05, 0.1) is 11.7 Å². The minimum atomic E-state index is 0.157. The molecular weight excluding hydrogens is 220 g/mol. The molecule has 0 radical (unpaired) electrons. The second-order valence-electron chi connectivity index (χ2n) is 4.71. The number of pyridine rings is 1. The van der Waals surface area contributed by atoms with Crippen LogP contribution in [0.5, 0.6) is 0 Å². The SMILES string of the molecule is CNC(c1cccc(C)n1)c1cccc(C)c1C. The first-order chi connectivity index (χ1) is 8.63. The summed E-state index contributed by atoms with van der Waals surface area (Å²) in [6.45, 7) is 6.35. The fourth-order valence-electron chi connectivity index (χ4n) is 2.27. The molecule has 1 unspecified atom stereocenters. The number of hydrogen-bond donors (Lipinski definition) is 1. The minimum Gasteiger partial charge on any atom is -0.308 e. The smallest absolute Gasteiger partial charge is 0.0751 e. The third-order valence-electron chi connectivity index (χ3n) is 3.45. The second-order valence-corrected chi connectivity index (χ2v) is 4.71. The number of nitrogens with zero attached hydrogens (tertiary/aromatic N) is 1. The Balaban J connectivity index is 2.49. The Morgan fingerprint density at radius 1 is 1.00 bits per heavy atom. The number of aromatic nitrogens is 1. The van der Waals surface area contributed by atoms with Crippen molar-refractivity contribution in [2.75, 3.05) is 7.05 Å². The Kier molecular flexibility index (Phi) is 3.78. The van der Waals surface area contributed by atoms with Crippen LogP contribution in [0.1, 0.15) is 34.1 Å². The predicted molar refractivity (Wildman–Crippen MR) is 75.8 cm³/mol. The number of benzene rings is 1. The van der Waals surface area contributed by atoms with Crippen molar-refractivity contribution < 1.29 is 0 Å². The lowest BCUT2D eigenvalue weighted by atomic mass is 9.95. The molecule has 0 aliphatic rings. The van der Waals surface area contributed by atoms with Crippen molar-refractivity contribution in [2.24, 2.45) is 0 Å². The first kappa shape index (κ1) is 12.8. The van der Waals surface area contributed by atoms with Gasteiger partial charge in [0, 0.05) is 5.69 Å². The van der Waals surface area contributed by atoms with Gasteiger partial charge in [0.1, 0.15) is 0 Å². The van der Waals surface area contributed by atoms with E-state index >= 15 is 0 Å². The molecule has 0 spiro atoms. The highest BCUT2D eigenvalue weighted by Crippen LogP contribution is 2.25. The molecule has 0 aliphatic carbocycles. The minimum absolute atomic E-state index is 0.157. The van der Waals surface area contributed by atoms with E-state index < -0.39 is 0 Å². The maximum Gasteiger partial charge on any atom is 0.0751 e. The van der Waals surface area contributed by atoms with Crippen molar-refractivity contribution in [3.05, 3.63) is 64.5 Å².